The number of halogens is 1. The number of carboxylic acids is 1. The largest absolute Gasteiger partial charge is 0.481 e. The molecule has 5 nitrogen and oxygen atoms in total. The fraction of sp³-hybridized carbons (Fsp3) is 0.636. The van der Waals surface area contributed by atoms with Crippen molar-refractivity contribution in [2.75, 3.05) is 19.6 Å². The average Bonchev–Trinajstić information content (AvgIpc) is 2.26. The molecule has 2 amide bonds. The standard InChI is InChI=1S/C11H17BrN2O3/c1-8(12)7-13-10(17)14-5-3-11(2,4-6-14)9(15)16/h1,3-7H2,2H3,(H,13,17)(H,15,16). The Labute approximate surface area is 109 Å². The molecule has 1 saturated heterocycles. The van der Waals surface area contributed by atoms with Crippen LogP contribution in [0, 0.1) is 5.41 Å². The second-order valence-electron chi connectivity index (χ2n) is 4.53. The predicted octanol–water partition coefficient (Wildman–Crippen LogP) is 1.79. The van der Waals surface area contributed by atoms with Crippen molar-refractivity contribution in [1.82, 2.24) is 10.2 Å². The van der Waals surface area contributed by atoms with Gasteiger partial charge in [-0.3, -0.25) is 4.79 Å². The lowest BCUT2D eigenvalue weighted by Crippen LogP contribution is -2.48. The highest BCUT2D eigenvalue weighted by molar-refractivity contribution is 9.11. The van der Waals surface area contributed by atoms with Gasteiger partial charge in [-0.15, -0.1) is 0 Å². The van der Waals surface area contributed by atoms with Gasteiger partial charge in [-0.25, -0.2) is 4.79 Å². The van der Waals surface area contributed by atoms with E-state index in [4.69, 9.17) is 5.11 Å². The van der Waals surface area contributed by atoms with E-state index in [1.54, 1.807) is 11.8 Å². The molecule has 0 bridgehead atoms. The Bertz CT molecular complexity index is 336. The Balaban J connectivity index is 2.44. The van der Waals surface area contributed by atoms with Crippen LogP contribution in [0.25, 0.3) is 0 Å². The van der Waals surface area contributed by atoms with Gasteiger partial charge in [0.05, 0.1) is 12.0 Å². The molecule has 17 heavy (non-hydrogen) atoms. The number of carboxylic acid groups (broad SMARTS) is 1. The summed E-state index contributed by atoms with van der Waals surface area (Å²) in [6.45, 7) is 6.68. The second-order valence-corrected chi connectivity index (χ2v) is 5.65. The Hall–Kier alpha value is -1.04. The third kappa shape index (κ3) is 3.73. The Kier molecular flexibility index (Phi) is 4.56. The maximum atomic E-state index is 11.7. The zero-order chi connectivity index (χ0) is 13.1. The minimum atomic E-state index is -0.786. The molecule has 0 aromatic heterocycles. The Morgan fingerprint density at radius 3 is 2.41 bits per heavy atom. The molecular weight excluding hydrogens is 288 g/mol. The lowest BCUT2D eigenvalue weighted by Gasteiger charge is -2.36. The molecule has 0 radical (unpaired) electrons. The topological polar surface area (TPSA) is 69.6 Å². The normalized spacial score (nSPS) is 18.6. The molecule has 1 aliphatic rings. The number of hydrogen-bond acceptors (Lipinski definition) is 2. The SMILES string of the molecule is C=C(Br)CNC(=O)N1CCC(C)(C(=O)O)CC1. The van der Waals surface area contributed by atoms with Gasteiger partial charge in [0.2, 0.25) is 0 Å². The molecule has 1 aliphatic heterocycles. The number of nitrogens with zero attached hydrogens (tertiary/aromatic N) is 1. The first-order valence-corrected chi connectivity index (χ1v) is 6.24. The van der Waals surface area contributed by atoms with Crippen molar-refractivity contribution in [2.24, 2.45) is 5.41 Å². The van der Waals surface area contributed by atoms with Gasteiger partial charge >= 0.3 is 12.0 Å². The molecule has 0 saturated carbocycles. The van der Waals surface area contributed by atoms with E-state index in [0.717, 1.165) is 0 Å². The predicted molar refractivity (Wildman–Crippen MR) is 68.0 cm³/mol. The van der Waals surface area contributed by atoms with Gasteiger partial charge in [-0.1, -0.05) is 22.5 Å². The molecule has 0 aliphatic carbocycles. The summed E-state index contributed by atoms with van der Waals surface area (Å²) in [6.07, 6.45) is 0.982. The average molecular weight is 305 g/mol. The van der Waals surface area contributed by atoms with Crippen molar-refractivity contribution < 1.29 is 14.7 Å². The number of aliphatic carboxylic acids is 1. The number of carbonyl (C=O) groups excluding carboxylic acids is 1. The molecule has 1 rings (SSSR count). The molecule has 1 fully saturated rings. The first kappa shape index (κ1) is 14.0. The Morgan fingerprint density at radius 2 is 2.00 bits per heavy atom. The second kappa shape index (κ2) is 5.53. The highest BCUT2D eigenvalue weighted by Crippen LogP contribution is 2.30. The van der Waals surface area contributed by atoms with Gasteiger partial charge in [0.15, 0.2) is 0 Å². The van der Waals surface area contributed by atoms with Gasteiger partial charge in [0, 0.05) is 17.6 Å². The minimum absolute atomic E-state index is 0.168. The van der Waals surface area contributed by atoms with Gasteiger partial charge in [0.1, 0.15) is 0 Å². The molecule has 1 heterocycles. The molecule has 0 unspecified atom stereocenters. The fourth-order valence-electron chi connectivity index (χ4n) is 1.70. The summed E-state index contributed by atoms with van der Waals surface area (Å²) in [4.78, 5) is 24.4. The van der Waals surface area contributed by atoms with E-state index in [-0.39, 0.29) is 6.03 Å². The number of amides is 2. The van der Waals surface area contributed by atoms with Crippen molar-refractivity contribution in [3.8, 4) is 0 Å². The monoisotopic (exact) mass is 304 g/mol. The van der Waals surface area contributed by atoms with Crippen LogP contribution in [0.3, 0.4) is 0 Å². The van der Waals surface area contributed by atoms with Crippen molar-refractivity contribution in [2.45, 2.75) is 19.8 Å². The van der Waals surface area contributed by atoms with E-state index >= 15 is 0 Å². The van der Waals surface area contributed by atoms with Crippen molar-refractivity contribution >= 4 is 27.9 Å². The Morgan fingerprint density at radius 1 is 1.47 bits per heavy atom. The summed E-state index contributed by atoms with van der Waals surface area (Å²) in [6, 6.07) is -0.168. The fourth-order valence-corrected chi connectivity index (χ4v) is 1.84. The van der Waals surface area contributed by atoms with E-state index < -0.39 is 11.4 Å². The quantitative estimate of drug-likeness (QED) is 0.835. The van der Waals surface area contributed by atoms with Crippen LogP contribution >= 0.6 is 15.9 Å². The number of rotatable bonds is 3. The number of hydrogen-bond donors (Lipinski definition) is 2. The van der Waals surface area contributed by atoms with E-state index in [9.17, 15) is 9.59 Å². The number of piperidine rings is 1. The van der Waals surface area contributed by atoms with E-state index in [1.165, 1.54) is 0 Å². The third-order valence-electron chi connectivity index (χ3n) is 3.10. The van der Waals surface area contributed by atoms with E-state index in [2.05, 4.69) is 27.8 Å². The first-order valence-electron chi connectivity index (χ1n) is 5.44. The molecule has 0 aromatic carbocycles. The molecular formula is C11H17BrN2O3. The first-order chi connectivity index (χ1) is 7.85. The van der Waals surface area contributed by atoms with Crippen LogP contribution < -0.4 is 5.32 Å². The lowest BCUT2D eigenvalue weighted by molar-refractivity contribution is -0.150. The smallest absolute Gasteiger partial charge is 0.317 e. The van der Waals surface area contributed by atoms with Crippen LogP contribution in [0.15, 0.2) is 11.1 Å². The van der Waals surface area contributed by atoms with E-state index in [1.807, 2.05) is 0 Å². The van der Waals surface area contributed by atoms with Gasteiger partial charge in [-0.2, -0.15) is 0 Å². The maximum absolute atomic E-state index is 11.7. The van der Waals surface area contributed by atoms with Crippen molar-refractivity contribution in [1.29, 1.82) is 0 Å². The van der Waals surface area contributed by atoms with Crippen LogP contribution in [-0.4, -0.2) is 41.6 Å². The van der Waals surface area contributed by atoms with Crippen LogP contribution in [0.1, 0.15) is 19.8 Å². The summed E-state index contributed by atoms with van der Waals surface area (Å²) in [5.74, 6) is -0.786. The lowest BCUT2D eigenvalue weighted by atomic mass is 9.80. The highest BCUT2D eigenvalue weighted by atomic mass is 79.9. The number of carbonyl (C=O) groups is 2. The molecule has 0 atom stereocenters. The number of nitrogens with one attached hydrogen (secondary N) is 1. The van der Waals surface area contributed by atoms with Crippen molar-refractivity contribution in [3.05, 3.63) is 11.1 Å². The molecule has 2 N–H and O–H groups in total. The molecule has 0 spiro atoms. The van der Waals surface area contributed by atoms with Crippen molar-refractivity contribution in [3.63, 3.8) is 0 Å². The zero-order valence-corrected chi connectivity index (χ0v) is 11.4. The highest BCUT2D eigenvalue weighted by Gasteiger charge is 2.37. The van der Waals surface area contributed by atoms with Crippen LogP contribution in [-0.2, 0) is 4.79 Å². The van der Waals surface area contributed by atoms with Crippen LogP contribution in [0.5, 0.6) is 0 Å². The molecule has 6 heteroatoms. The number of likely N-dealkylation sites (tertiary alicyclic amines) is 1. The third-order valence-corrected chi connectivity index (χ3v) is 3.38. The van der Waals surface area contributed by atoms with Gasteiger partial charge < -0.3 is 15.3 Å². The van der Waals surface area contributed by atoms with Crippen LogP contribution in [0.2, 0.25) is 0 Å². The molecule has 96 valence electrons. The van der Waals surface area contributed by atoms with Crippen LogP contribution in [0.4, 0.5) is 4.79 Å². The summed E-state index contributed by atoms with van der Waals surface area (Å²) in [7, 11) is 0. The molecule has 0 aromatic rings. The number of urea groups is 1. The summed E-state index contributed by atoms with van der Waals surface area (Å²) < 4.78 is 0.707. The maximum Gasteiger partial charge on any atom is 0.317 e. The summed E-state index contributed by atoms with van der Waals surface area (Å²) in [5.41, 5.74) is -0.699. The van der Waals surface area contributed by atoms with Gasteiger partial charge in [-0.05, 0) is 19.8 Å². The zero-order valence-electron chi connectivity index (χ0n) is 9.83. The summed E-state index contributed by atoms with van der Waals surface area (Å²) in [5, 5.41) is 11.8. The minimum Gasteiger partial charge on any atom is -0.481 e. The van der Waals surface area contributed by atoms with E-state index in [0.29, 0.717) is 37.0 Å². The van der Waals surface area contributed by atoms with Gasteiger partial charge in [0.25, 0.3) is 0 Å². The summed E-state index contributed by atoms with van der Waals surface area (Å²) >= 11 is 3.16.